The molecule has 8 heteroatoms. The lowest BCUT2D eigenvalue weighted by molar-refractivity contribution is -0.122. The van der Waals surface area contributed by atoms with Crippen molar-refractivity contribution in [1.29, 1.82) is 0 Å². The van der Waals surface area contributed by atoms with E-state index in [9.17, 15) is 13.2 Å². The van der Waals surface area contributed by atoms with Crippen molar-refractivity contribution in [2.75, 3.05) is 24.8 Å². The number of ether oxygens (including phenoxy) is 2. The molecule has 2 aromatic carbocycles. The van der Waals surface area contributed by atoms with Gasteiger partial charge in [0.05, 0.1) is 32.2 Å². The van der Waals surface area contributed by atoms with Gasteiger partial charge < -0.3 is 14.8 Å². The summed E-state index contributed by atoms with van der Waals surface area (Å²) in [7, 11) is -0.595. The van der Waals surface area contributed by atoms with Gasteiger partial charge in [0, 0.05) is 6.07 Å². The molecule has 30 heavy (non-hydrogen) atoms. The third kappa shape index (κ3) is 5.44. The zero-order chi connectivity index (χ0) is 22.5. The summed E-state index contributed by atoms with van der Waals surface area (Å²) in [4.78, 5) is 13.0. The maximum atomic E-state index is 13.0. The molecule has 1 N–H and O–H groups in total. The Hall–Kier alpha value is -2.74. The van der Waals surface area contributed by atoms with Crippen LogP contribution in [0, 0.1) is 6.92 Å². The summed E-state index contributed by atoms with van der Waals surface area (Å²) in [5, 5.41) is 2.98. The van der Waals surface area contributed by atoms with Gasteiger partial charge in [0.25, 0.3) is 0 Å². The van der Waals surface area contributed by atoms with Gasteiger partial charge in [0.15, 0.2) is 0 Å². The molecule has 0 saturated heterocycles. The fourth-order valence-electron chi connectivity index (χ4n) is 3.39. The van der Waals surface area contributed by atoms with E-state index in [-0.39, 0.29) is 11.9 Å². The number of carbonyl (C=O) groups excluding carboxylic acids is 1. The van der Waals surface area contributed by atoms with E-state index in [4.69, 9.17) is 9.47 Å². The molecule has 0 heterocycles. The molecule has 0 fully saturated rings. The highest BCUT2D eigenvalue weighted by Gasteiger charge is 2.30. The summed E-state index contributed by atoms with van der Waals surface area (Å²) in [6, 6.07) is 11.2. The van der Waals surface area contributed by atoms with Crippen LogP contribution in [0.1, 0.15) is 37.4 Å². The Morgan fingerprint density at radius 3 is 2.37 bits per heavy atom. The number of aryl methyl sites for hydroxylation is 1. The minimum Gasteiger partial charge on any atom is -0.497 e. The Kier molecular flexibility index (Phi) is 7.72. The number of carbonyl (C=O) groups is 1. The largest absolute Gasteiger partial charge is 0.497 e. The number of methoxy groups -OCH3 is 2. The van der Waals surface area contributed by atoms with Gasteiger partial charge in [0.2, 0.25) is 15.9 Å². The molecule has 0 radical (unpaired) electrons. The molecule has 2 aromatic rings. The molecule has 0 spiro atoms. The van der Waals surface area contributed by atoms with Gasteiger partial charge in [-0.3, -0.25) is 9.10 Å². The van der Waals surface area contributed by atoms with Crippen molar-refractivity contribution < 1.29 is 22.7 Å². The molecule has 2 rings (SSSR count). The Morgan fingerprint density at radius 2 is 1.83 bits per heavy atom. The second kappa shape index (κ2) is 9.84. The van der Waals surface area contributed by atoms with E-state index in [1.807, 2.05) is 32.0 Å². The smallest absolute Gasteiger partial charge is 0.244 e. The topological polar surface area (TPSA) is 84.9 Å². The van der Waals surface area contributed by atoms with Crippen LogP contribution < -0.4 is 19.1 Å². The summed E-state index contributed by atoms with van der Waals surface area (Å²) in [5.74, 6) is 0.895. The molecule has 164 valence electrons. The number of sulfonamides is 1. The SMILES string of the molecule is CCC(NC(=O)C(C)N(c1cccc(OC)c1)S(C)(=O)=O)c1ccc(OC)c(C)c1. The van der Waals surface area contributed by atoms with Gasteiger partial charge in [-0.2, -0.15) is 0 Å². The summed E-state index contributed by atoms with van der Waals surface area (Å²) in [6.07, 6.45) is 1.74. The van der Waals surface area contributed by atoms with Crippen molar-refractivity contribution in [1.82, 2.24) is 5.32 Å². The first-order chi connectivity index (χ1) is 14.1. The molecule has 0 bridgehead atoms. The van der Waals surface area contributed by atoms with Crippen LogP contribution in [0.25, 0.3) is 0 Å². The average Bonchev–Trinajstić information content (AvgIpc) is 2.70. The minimum atomic E-state index is -3.71. The van der Waals surface area contributed by atoms with E-state index in [0.717, 1.165) is 27.4 Å². The summed E-state index contributed by atoms with van der Waals surface area (Å²) >= 11 is 0. The fourth-order valence-corrected chi connectivity index (χ4v) is 4.55. The minimum absolute atomic E-state index is 0.253. The molecule has 0 aliphatic heterocycles. The van der Waals surface area contributed by atoms with Gasteiger partial charge >= 0.3 is 0 Å². The average molecular weight is 435 g/mol. The van der Waals surface area contributed by atoms with Crippen LogP contribution in [-0.4, -0.2) is 40.8 Å². The molecular formula is C22H30N2O5S. The van der Waals surface area contributed by atoms with Crippen molar-refractivity contribution in [3.63, 3.8) is 0 Å². The first-order valence-corrected chi connectivity index (χ1v) is 11.6. The van der Waals surface area contributed by atoms with E-state index in [1.165, 1.54) is 7.11 Å². The number of rotatable bonds is 9. The first kappa shape index (κ1) is 23.5. The van der Waals surface area contributed by atoms with E-state index in [0.29, 0.717) is 17.9 Å². The second-order valence-corrected chi connectivity index (χ2v) is 8.99. The Morgan fingerprint density at radius 1 is 1.13 bits per heavy atom. The van der Waals surface area contributed by atoms with Gasteiger partial charge in [-0.25, -0.2) is 8.42 Å². The third-order valence-corrected chi connectivity index (χ3v) is 6.18. The molecule has 1 amide bonds. The van der Waals surface area contributed by atoms with Crippen molar-refractivity contribution >= 4 is 21.6 Å². The molecule has 0 aliphatic carbocycles. The lowest BCUT2D eigenvalue weighted by atomic mass is 10.0. The highest BCUT2D eigenvalue weighted by Crippen LogP contribution is 2.27. The Labute approximate surface area is 179 Å². The predicted octanol–water partition coefficient (Wildman–Crippen LogP) is 3.43. The highest BCUT2D eigenvalue weighted by molar-refractivity contribution is 7.92. The van der Waals surface area contributed by atoms with Crippen LogP contribution >= 0.6 is 0 Å². The number of hydrogen-bond acceptors (Lipinski definition) is 5. The zero-order valence-corrected chi connectivity index (χ0v) is 19.1. The second-order valence-electron chi connectivity index (χ2n) is 7.13. The molecule has 7 nitrogen and oxygen atoms in total. The monoisotopic (exact) mass is 434 g/mol. The van der Waals surface area contributed by atoms with Crippen LogP contribution in [0.4, 0.5) is 5.69 Å². The van der Waals surface area contributed by atoms with Gasteiger partial charge in [-0.1, -0.05) is 25.1 Å². The van der Waals surface area contributed by atoms with Gasteiger partial charge in [-0.05, 0) is 49.6 Å². The van der Waals surface area contributed by atoms with Crippen LogP contribution in [0.5, 0.6) is 11.5 Å². The van der Waals surface area contributed by atoms with Crippen LogP contribution in [0.3, 0.4) is 0 Å². The number of anilines is 1. The molecule has 0 aromatic heterocycles. The maximum absolute atomic E-state index is 13.0. The standard InChI is InChI=1S/C22H30N2O5S/c1-7-20(17-11-12-21(29-5)15(2)13-17)23-22(25)16(3)24(30(6,26)27)18-9-8-10-19(14-18)28-4/h8-14,16,20H,7H2,1-6H3,(H,23,25). The van der Waals surface area contributed by atoms with Gasteiger partial charge in [0.1, 0.15) is 17.5 Å². The predicted molar refractivity (Wildman–Crippen MR) is 119 cm³/mol. The molecule has 0 aliphatic rings. The zero-order valence-electron chi connectivity index (χ0n) is 18.3. The maximum Gasteiger partial charge on any atom is 0.244 e. The molecular weight excluding hydrogens is 404 g/mol. The lowest BCUT2D eigenvalue weighted by Crippen LogP contribution is -2.48. The van der Waals surface area contributed by atoms with Crippen LogP contribution in [0.2, 0.25) is 0 Å². The molecule has 0 saturated carbocycles. The Balaban J connectivity index is 2.30. The van der Waals surface area contributed by atoms with Gasteiger partial charge in [-0.15, -0.1) is 0 Å². The van der Waals surface area contributed by atoms with E-state index in [2.05, 4.69) is 5.32 Å². The van der Waals surface area contributed by atoms with Crippen molar-refractivity contribution in [2.24, 2.45) is 0 Å². The van der Waals surface area contributed by atoms with Crippen LogP contribution in [-0.2, 0) is 14.8 Å². The quantitative estimate of drug-likeness (QED) is 0.654. The number of hydrogen-bond donors (Lipinski definition) is 1. The summed E-state index contributed by atoms with van der Waals surface area (Å²) in [5.41, 5.74) is 2.27. The first-order valence-electron chi connectivity index (χ1n) is 9.70. The fraction of sp³-hybridized carbons (Fsp3) is 0.409. The van der Waals surface area contributed by atoms with Crippen LogP contribution in [0.15, 0.2) is 42.5 Å². The van der Waals surface area contributed by atoms with E-state index in [1.54, 1.807) is 38.3 Å². The van der Waals surface area contributed by atoms with Crippen molar-refractivity contribution in [3.8, 4) is 11.5 Å². The number of nitrogens with zero attached hydrogens (tertiary/aromatic N) is 1. The molecule has 2 atom stereocenters. The highest BCUT2D eigenvalue weighted by atomic mass is 32.2. The third-order valence-electron chi connectivity index (χ3n) is 4.94. The number of nitrogens with one attached hydrogen (secondary N) is 1. The number of benzene rings is 2. The number of amides is 1. The molecule has 2 unspecified atom stereocenters. The summed E-state index contributed by atoms with van der Waals surface area (Å²) in [6.45, 7) is 5.47. The lowest BCUT2D eigenvalue weighted by Gasteiger charge is -2.30. The Bertz CT molecular complexity index is 991. The summed E-state index contributed by atoms with van der Waals surface area (Å²) < 4.78 is 36.6. The van der Waals surface area contributed by atoms with E-state index < -0.39 is 16.1 Å². The van der Waals surface area contributed by atoms with Crippen molar-refractivity contribution in [2.45, 2.75) is 39.3 Å². The van der Waals surface area contributed by atoms with E-state index >= 15 is 0 Å². The normalized spacial score (nSPS) is 13.3. The van der Waals surface area contributed by atoms with Crippen molar-refractivity contribution in [3.05, 3.63) is 53.6 Å².